The standard InChI is InChI=1S/C18H22BrNO3/c1-4-23-18-10-15(19)14(9-17(18)22-3)12-20-11-13-7-5-6-8-16(13)21-2/h5-10,20H,4,11-12H2,1-3H3. The van der Waals surface area contributed by atoms with Gasteiger partial charge in [-0.1, -0.05) is 34.1 Å². The van der Waals surface area contributed by atoms with Crippen LogP contribution in [0.2, 0.25) is 0 Å². The van der Waals surface area contributed by atoms with Crippen LogP contribution in [0, 0.1) is 0 Å². The van der Waals surface area contributed by atoms with E-state index in [-0.39, 0.29) is 0 Å². The first-order chi connectivity index (χ1) is 11.2. The summed E-state index contributed by atoms with van der Waals surface area (Å²) in [5.41, 5.74) is 2.24. The zero-order valence-electron chi connectivity index (χ0n) is 13.7. The topological polar surface area (TPSA) is 39.7 Å². The number of rotatable bonds is 8. The average Bonchev–Trinajstić information content (AvgIpc) is 2.57. The van der Waals surface area contributed by atoms with Crippen molar-refractivity contribution in [3.05, 3.63) is 52.0 Å². The van der Waals surface area contributed by atoms with E-state index < -0.39 is 0 Å². The van der Waals surface area contributed by atoms with Crippen molar-refractivity contribution in [1.82, 2.24) is 5.32 Å². The summed E-state index contributed by atoms with van der Waals surface area (Å²) in [6.45, 7) is 4.00. The first-order valence-electron chi connectivity index (χ1n) is 7.51. The van der Waals surface area contributed by atoms with Gasteiger partial charge in [0.25, 0.3) is 0 Å². The van der Waals surface area contributed by atoms with E-state index in [1.165, 1.54) is 0 Å². The Hall–Kier alpha value is -1.72. The molecule has 5 heteroatoms. The lowest BCUT2D eigenvalue weighted by Gasteiger charge is -2.14. The minimum Gasteiger partial charge on any atom is -0.496 e. The predicted molar refractivity (Wildman–Crippen MR) is 95.4 cm³/mol. The number of halogens is 1. The highest BCUT2D eigenvalue weighted by Gasteiger charge is 2.10. The van der Waals surface area contributed by atoms with E-state index in [0.717, 1.165) is 39.4 Å². The molecule has 0 unspecified atom stereocenters. The van der Waals surface area contributed by atoms with Gasteiger partial charge in [0.2, 0.25) is 0 Å². The summed E-state index contributed by atoms with van der Waals surface area (Å²) in [6, 6.07) is 11.9. The lowest BCUT2D eigenvalue weighted by atomic mass is 10.1. The summed E-state index contributed by atoms with van der Waals surface area (Å²) >= 11 is 3.59. The van der Waals surface area contributed by atoms with E-state index in [1.54, 1.807) is 14.2 Å². The molecule has 124 valence electrons. The summed E-state index contributed by atoms with van der Waals surface area (Å²) in [5, 5.41) is 3.43. The number of benzene rings is 2. The minimum absolute atomic E-state index is 0.605. The summed E-state index contributed by atoms with van der Waals surface area (Å²) in [5.74, 6) is 2.38. The Kier molecular flexibility index (Phi) is 6.74. The van der Waals surface area contributed by atoms with Crippen LogP contribution in [-0.2, 0) is 13.1 Å². The fourth-order valence-electron chi connectivity index (χ4n) is 2.32. The number of nitrogens with one attached hydrogen (secondary N) is 1. The van der Waals surface area contributed by atoms with Crippen molar-refractivity contribution in [3.63, 3.8) is 0 Å². The molecule has 0 radical (unpaired) electrons. The fraction of sp³-hybridized carbons (Fsp3) is 0.333. The quantitative estimate of drug-likeness (QED) is 0.747. The summed E-state index contributed by atoms with van der Waals surface area (Å²) < 4.78 is 17.3. The van der Waals surface area contributed by atoms with Crippen molar-refractivity contribution in [1.29, 1.82) is 0 Å². The van der Waals surface area contributed by atoms with Gasteiger partial charge in [-0.25, -0.2) is 0 Å². The molecule has 2 aromatic carbocycles. The molecule has 0 saturated heterocycles. The van der Waals surface area contributed by atoms with Crippen LogP contribution in [0.25, 0.3) is 0 Å². The van der Waals surface area contributed by atoms with Crippen molar-refractivity contribution in [2.45, 2.75) is 20.0 Å². The molecule has 2 aromatic rings. The van der Waals surface area contributed by atoms with Crippen LogP contribution in [0.5, 0.6) is 17.2 Å². The number of hydrogen-bond donors (Lipinski definition) is 1. The van der Waals surface area contributed by atoms with Crippen LogP contribution in [0.15, 0.2) is 40.9 Å². The Morgan fingerprint density at radius 2 is 1.61 bits per heavy atom. The lowest BCUT2D eigenvalue weighted by Crippen LogP contribution is -2.14. The predicted octanol–water partition coefficient (Wildman–Crippen LogP) is 4.15. The second-order valence-corrected chi connectivity index (χ2v) is 5.80. The Morgan fingerprint density at radius 1 is 0.913 bits per heavy atom. The van der Waals surface area contributed by atoms with Crippen molar-refractivity contribution >= 4 is 15.9 Å². The Labute approximate surface area is 145 Å². The number of methoxy groups -OCH3 is 2. The molecule has 0 fully saturated rings. The van der Waals surface area contributed by atoms with E-state index in [0.29, 0.717) is 13.2 Å². The second kappa shape index (κ2) is 8.79. The van der Waals surface area contributed by atoms with Gasteiger partial charge in [0.05, 0.1) is 20.8 Å². The Morgan fingerprint density at radius 3 is 2.30 bits per heavy atom. The molecule has 0 amide bonds. The number of para-hydroxylation sites is 1. The third-order valence-electron chi connectivity index (χ3n) is 3.46. The average molecular weight is 380 g/mol. The molecular weight excluding hydrogens is 358 g/mol. The number of hydrogen-bond acceptors (Lipinski definition) is 4. The summed E-state index contributed by atoms with van der Waals surface area (Å²) in [6.07, 6.45) is 0. The molecule has 0 bridgehead atoms. The molecule has 4 nitrogen and oxygen atoms in total. The molecule has 0 heterocycles. The van der Waals surface area contributed by atoms with E-state index >= 15 is 0 Å². The van der Waals surface area contributed by atoms with E-state index in [9.17, 15) is 0 Å². The molecule has 2 rings (SSSR count). The molecule has 0 aliphatic carbocycles. The van der Waals surface area contributed by atoms with Crippen LogP contribution in [0.3, 0.4) is 0 Å². The fourth-order valence-corrected chi connectivity index (χ4v) is 2.78. The Balaban J connectivity index is 2.05. The second-order valence-electron chi connectivity index (χ2n) is 4.94. The van der Waals surface area contributed by atoms with Gasteiger partial charge < -0.3 is 19.5 Å². The minimum atomic E-state index is 0.605. The highest BCUT2D eigenvalue weighted by Crippen LogP contribution is 2.33. The molecule has 0 aromatic heterocycles. The van der Waals surface area contributed by atoms with E-state index in [4.69, 9.17) is 14.2 Å². The zero-order valence-corrected chi connectivity index (χ0v) is 15.3. The van der Waals surface area contributed by atoms with Gasteiger partial charge in [-0.3, -0.25) is 0 Å². The van der Waals surface area contributed by atoms with Crippen molar-refractivity contribution in [2.75, 3.05) is 20.8 Å². The number of ether oxygens (including phenoxy) is 3. The molecule has 0 spiro atoms. The van der Waals surface area contributed by atoms with Crippen molar-refractivity contribution < 1.29 is 14.2 Å². The maximum absolute atomic E-state index is 5.58. The van der Waals surface area contributed by atoms with Crippen LogP contribution in [0.1, 0.15) is 18.1 Å². The van der Waals surface area contributed by atoms with Crippen molar-refractivity contribution in [2.24, 2.45) is 0 Å². The van der Waals surface area contributed by atoms with Gasteiger partial charge in [-0.05, 0) is 30.7 Å². The highest BCUT2D eigenvalue weighted by molar-refractivity contribution is 9.10. The molecule has 0 saturated carbocycles. The maximum Gasteiger partial charge on any atom is 0.162 e. The third-order valence-corrected chi connectivity index (χ3v) is 4.19. The molecule has 0 atom stereocenters. The van der Waals surface area contributed by atoms with Gasteiger partial charge in [0.1, 0.15) is 5.75 Å². The van der Waals surface area contributed by atoms with Crippen LogP contribution in [-0.4, -0.2) is 20.8 Å². The highest BCUT2D eigenvalue weighted by atomic mass is 79.9. The summed E-state index contributed by atoms with van der Waals surface area (Å²) in [4.78, 5) is 0. The monoisotopic (exact) mass is 379 g/mol. The largest absolute Gasteiger partial charge is 0.496 e. The summed E-state index contributed by atoms with van der Waals surface area (Å²) in [7, 11) is 3.34. The molecule has 0 aliphatic rings. The van der Waals surface area contributed by atoms with Gasteiger partial charge in [-0.2, -0.15) is 0 Å². The van der Waals surface area contributed by atoms with Gasteiger partial charge >= 0.3 is 0 Å². The zero-order chi connectivity index (χ0) is 16.7. The molecule has 23 heavy (non-hydrogen) atoms. The van der Waals surface area contributed by atoms with Gasteiger partial charge in [0, 0.05) is 23.1 Å². The SMILES string of the molecule is CCOc1cc(Br)c(CNCc2ccccc2OC)cc1OC. The first kappa shape index (κ1) is 17.6. The lowest BCUT2D eigenvalue weighted by molar-refractivity contribution is 0.310. The van der Waals surface area contributed by atoms with Crippen LogP contribution >= 0.6 is 15.9 Å². The normalized spacial score (nSPS) is 10.4. The van der Waals surface area contributed by atoms with E-state index in [1.807, 2.05) is 37.3 Å². The van der Waals surface area contributed by atoms with Gasteiger partial charge in [-0.15, -0.1) is 0 Å². The van der Waals surface area contributed by atoms with Crippen LogP contribution in [0.4, 0.5) is 0 Å². The third kappa shape index (κ3) is 4.62. The van der Waals surface area contributed by atoms with Gasteiger partial charge in [0.15, 0.2) is 11.5 Å². The van der Waals surface area contributed by atoms with Crippen LogP contribution < -0.4 is 19.5 Å². The maximum atomic E-state index is 5.58. The van der Waals surface area contributed by atoms with E-state index in [2.05, 4.69) is 27.3 Å². The smallest absolute Gasteiger partial charge is 0.162 e. The molecule has 1 N–H and O–H groups in total. The Bertz CT molecular complexity index is 646. The molecular formula is C18H22BrNO3. The van der Waals surface area contributed by atoms with Crippen molar-refractivity contribution in [3.8, 4) is 17.2 Å². The molecule has 0 aliphatic heterocycles. The first-order valence-corrected chi connectivity index (χ1v) is 8.30.